The molecule has 0 aromatic heterocycles. The van der Waals surface area contributed by atoms with Crippen LogP contribution in [0, 0.1) is 0 Å². The van der Waals surface area contributed by atoms with Crippen LogP contribution in [-0.2, 0) is 16.1 Å². The normalized spacial score (nSPS) is 15.2. The minimum Gasteiger partial charge on any atom is -0.453 e. The zero-order chi connectivity index (χ0) is 19.6. The number of rotatable bonds is 5. The second kappa shape index (κ2) is 10.4. The van der Waals surface area contributed by atoms with Gasteiger partial charge in [-0.1, -0.05) is 30.3 Å². The molecule has 0 atom stereocenters. The third-order valence-corrected chi connectivity index (χ3v) is 4.44. The number of methoxy groups -OCH3 is 1. The van der Waals surface area contributed by atoms with Crippen molar-refractivity contribution >= 4 is 18.0 Å². The van der Waals surface area contributed by atoms with Crippen molar-refractivity contribution in [2.45, 2.75) is 25.4 Å². The number of hydrogen-bond donors (Lipinski definition) is 2. The van der Waals surface area contributed by atoms with Crippen LogP contribution in [0.3, 0.4) is 0 Å². The van der Waals surface area contributed by atoms with Gasteiger partial charge in [0.05, 0.1) is 20.2 Å². The molecule has 1 aromatic carbocycles. The summed E-state index contributed by atoms with van der Waals surface area (Å²) in [7, 11) is 4.84. The summed E-state index contributed by atoms with van der Waals surface area (Å²) in [5, 5.41) is 6.49. The van der Waals surface area contributed by atoms with E-state index in [1.54, 1.807) is 19.0 Å². The monoisotopic (exact) mass is 375 g/mol. The molecule has 0 aliphatic carbocycles. The topological polar surface area (TPSA) is 86.3 Å². The summed E-state index contributed by atoms with van der Waals surface area (Å²) in [6.45, 7) is 1.96. The van der Waals surface area contributed by atoms with E-state index in [9.17, 15) is 9.59 Å². The Hall–Kier alpha value is -2.77. The lowest BCUT2D eigenvalue weighted by Gasteiger charge is -2.32. The number of ether oxygens (including phenoxy) is 1. The van der Waals surface area contributed by atoms with Crippen LogP contribution in [-0.4, -0.2) is 74.6 Å². The first-order valence-corrected chi connectivity index (χ1v) is 9.11. The summed E-state index contributed by atoms with van der Waals surface area (Å²) in [6, 6.07) is 10.1. The summed E-state index contributed by atoms with van der Waals surface area (Å²) >= 11 is 0. The molecule has 1 aromatic rings. The van der Waals surface area contributed by atoms with Gasteiger partial charge in [0, 0.05) is 33.2 Å². The Kier molecular flexibility index (Phi) is 7.91. The van der Waals surface area contributed by atoms with Crippen LogP contribution < -0.4 is 10.6 Å². The Morgan fingerprint density at radius 2 is 1.89 bits per heavy atom. The number of guanidine groups is 1. The van der Waals surface area contributed by atoms with Crippen LogP contribution >= 0.6 is 0 Å². The zero-order valence-corrected chi connectivity index (χ0v) is 16.3. The molecule has 1 aliphatic rings. The lowest BCUT2D eigenvalue weighted by molar-refractivity contribution is -0.127. The highest BCUT2D eigenvalue weighted by molar-refractivity contribution is 5.86. The molecule has 0 unspecified atom stereocenters. The van der Waals surface area contributed by atoms with E-state index in [0.717, 1.165) is 18.4 Å². The Balaban J connectivity index is 1.95. The Labute approximate surface area is 160 Å². The van der Waals surface area contributed by atoms with Crippen molar-refractivity contribution in [2.75, 3.05) is 40.8 Å². The van der Waals surface area contributed by atoms with Gasteiger partial charge in [-0.2, -0.15) is 0 Å². The Bertz CT molecular complexity index is 640. The van der Waals surface area contributed by atoms with Crippen LogP contribution in [0.1, 0.15) is 18.4 Å². The minimum absolute atomic E-state index is 0.0234. The highest BCUT2D eigenvalue weighted by Crippen LogP contribution is 2.11. The largest absolute Gasteiger partial charge is 0.453 e. The molecule has 2 amide bonds. The number of piperidine rings is 1. The molecule has 1 aliphatic heterocycles. The molecule has 1 fully saturated rings. The fourth-order valence-electron chi connectivity index (χ4n) is 2.75. The molecule has 2 rings (SSSR count). The van der Waals surface area contributed by atoms with Crippen molar-refractivity contribution in [1.82, 2.24) is 20.4 Å². The van der Waals surface area contributed by atoms with Crippen molar-refractivity contribution in [2.24, 2.45) is 4.99 Å². The molecule has 148 valence electrons. The van der Waals surface area contributed by atoms with Gasteiger partial charge in [0.1, 0.15) is 0 Å². The number of benzene rings is 1. The first-order chi connectivity index (χ1) is 13.0. The molecule has 8 nitrogen and oxygen atoms in total. The molecule has 0 saturated carbocycles. The summed E-state index contributed by atoms with van der Waals surface area (Å²) in [5.41, 5.74) is 1.10. The Morgan fingerprint density at radius 1 is 1.22 bits per heavy atom. The zero-order valence-electron chi connectivity index (χ0n) is 16.3. The van der Waals surface area contributed by atoms with Gasteiger partial charge in [0.15, 0.2) is 5.96 Å². The van der Waals surface area contributed by atoms with Crippen molar-refractivity contribution in [3.63, 3.8) is 0 Å². The number of likely N-dealkylation sites (N-methyl/N-ethyl adjacent to an activating group) is 1. The first-order valence-electron chi connectivity index (χ1n) is 9.11. The van der Waals surface area contributed by atoms with Gasteiger partial charge in [-0.15, -0.1) is 0 Å². The Morgan fingerprint density at radius 3 is 2.48 bits per heavy atom. The maximum absolute atomic E-state index is 11.9. The average molecular weight is 375 g/mol. The van der Waals surface area contributed by atoms with Gasteiger partial charge >= 0.3 is 6.09 Å². The highest BCUT2D eigenvalue weighted by atomic mass is 16.5. The van der Waals surface area contributed by atoms with Gasteiger partial charge in [0.2, 0.25) is 5.91 Å². The molecule has 1 saturated heterocycles. The third-order valence-electron chi connectivity index (χ3n) is 4.44. The van der Waals surface area contributed by atoms with E-state index in [-0.39, 0.29) is 24.6 Å². The summed E-state index contributed by atoms with van der Waals surface area (Å²) in [4.78, 5) is 31.3. The predicted molar refractivity (Wildman–Crippen MR) is 104 cm³/mol. The fourth-order valence-corrected chi connectivity index (χ4v) is 2.75. The van der Waals surface area contributed by atoms with E-state index >= 15 is 0 Å². The van der Waals surface area contributed by atoms with Gasteiger partial charge in [-0.25, -0.2) is 9.79 Å². The van der Waals surface area contributed by atoms with Crippen LogP contribution in [0.2, 0.25) is 0 Å². The SMILES string of the molecule is COC(=O)N1CCC(NC(=NCc2ccccc2)NCC(=O)N(C)C)CC1. The van der Waals surface area contributed by atoms with Gasteiger partial charge in [-0.05, 0) is 18.4 Å². The molecular weight excluding hydrogens is 346 g/mol. The van der Waals surface area contributed by atoms with Gasteiger partial charge in [0.25, 0.3) is 0 Å². The average Bonchev–Trinajstić information content (AvgIpc) is 2.70. The standard InChI is InChI=1S/C19H29N5O3/c1-23(2)17(25)14-21-18(20-13-15-7-5-4-6-8-15)22-16-9-11-24(12-10-16)19(26)27-3/h4-8,16H,9-14H2,1-3H3,(H2,20,21,22). The maximum Gasteiger partial charge on any atom is 0.409 e. The van der Waals surface area contributed by atoms with E-state index in [2.05, 4.69) is 15.6 Å². The van der Waals surface area contributed by atoms with E-state index in [1.165, 1.54) is 12.0 Å². The van der Waals surface area contributed by atoms with Crippen molar-refractivity contribution in [3.05, 3.63) is 35.9 Å². The van der Waals surface area contributed by atoms with Crippen LogP contribution in [0.25, 0.3) is 0 Å². The number of carbonyl (C=O) groups excluding carboxylic acids is 2. The number of likely N-dealkylation sites (tertiary alicyclic amines) is 1. The second-order valence-corrected chi connectivity index (χ2v) is 6.67. The molecule has 0 radical (unpaired) electrons. The second-order valence-electron chi connectivity index (χ2n) is 6.67. The summed E-state index contributed by atoms with van der Waals surface area (Å²) in [5.74, 6) is 0.579. The number of carbonyl (C=O) groups is 2. The van der Waals surface area contributed by atoms with Crippen LogP contribution in [0.5, 0.6) is 0 Å². The maximum atomic E-state index is 11.9. The molecule has 27 heavy (non-hydrogen) atoms. The number of nitrogens with zero attached hydrogens (tertiary/aromatic N) is 3. The molecule has 0 bridgehead atoms. The smallest absolute Gasteiger partial charge is 0.409 e. The predicted octanol–water partition coefficient (Wildman–Crippen LogP) is 1.04. The lowest BCUT2D eigenvalue weighted by atomic mass is 10.1. The molecule has 2 N–H and O–H groups in total. The van der Waals surface area contributed by atoms with Crippen LogP contribution in [0.4, 0.5) is 4.79 Å². The number of aliphatic imine (C=N–C) groups is 1. The minimum atomic E-state index is -0.291. The van der Waals surface area contributed by atoms with E-state index in [4.69, 9.17) is 4.74 Å². The van der Waals surface area contributed by atoms with E-state index in [0.29, 0.717) is 25.6 Å². The lowest BCUT2D eigenvalue weighted by Crippen LogP contribution is -2.51. The van der Waals surface area contributed by atoms with E-state index in [1.807, 2.05) is 30.3 Å². The van der Waals surface area contributed by atoms with Crippen molar-refractivity contribution < 1.29 is 14.3 Å². The highest BCUT2D eigenvalue weighted by Gasteiger charge is 2.23. The number of amides is 2. The van der Waals surface area contributed by atoms with Crippen molar-refractivity contribution in [3.8, 4) is 0 Å². The molecular formula is C19H29N5O3. The van der Waals surface area contributed by atoms with Gasteiger partial charge in [-0.3, -0.25) is 4.79 Å². The van der Waals surface area contributed by atoms with Crippen molar-refractivity contribution in [1.29, 1.82) is 0 Å². The molecule has 1 heterocycles. The van der Waals surface area contributed by atoms with E-state index < -0.39 is 0 Å². The third kappa shape index (κ3) is 6.80. The molecule has 0 spiro atoms. The number of nitrogens with one attached hydrogen (secondary N) is 2. The quantitative estimate of drug-likeness (QED) is 0.593. The first kappa shape index (κ1) is 20.5. The fraction of sp³-hybridized carbons (Fsp3) is 0.526. The number of hydrogen-bond acceptors (Lipinski definition) is 4. The molecule has 8 heteroatoms. The van der Waals surface area contributed by atoms with Gasteiger partial charge < -0.3 is 25.2 Å². The van der Waals surface area contributed by atoms with Crippen LogP contribution in [0.15, 0.2) is 35.3 Å². The summed E-state index contributed by atoms with van der Waals surface area (Å²) in [6.07, 6.45) is 1.30. The summed E-state index contributed by atoms with van der Waals surface area (Å²) < 4.78 is 4.77.